The Kier molecular flexibility index (Phi) is 5.75. The van der Waals surface area contributed by atoms with E-state index in [-0.39, 0.29) is 53.6 Å². The van der Waals surface area contributed by atoms with E-state index >= 15 is 0 Å². The number of alkyl halides is 2. The van der Waals surface area contributed by atoms with Crippen LogP contribution in [0.25, 0.3) is 0 Å². The van der Waals surface area contributed by atoms with Gasteiger partial charge in [-0.05, 0) is 36.8 Å². The molecule has 0 atom stereocenters. The van der Waals surface area contributed by atoms with Crippen LogP contribution >= 0.6 is 11.6 Å². The summed E-state index contributed by atoms with van der Waals surface area (Å²) in [6, 6.07) is 8.19. The van der Waals surface area contributed by atoms with Crippen LogP contribution in [0.4, 0.5) is 24.7 Å². The summed E-state index contributed by atoms with van der Waals surface area (Å²) in [6.45, 7) is 0.355. The number of hydrogen-bond donors (Lipinski definition) is 1. The average Bonchev–Trinajstić information content (AvgIpc) is 2.83. The summed E-state index contributed by atoms with van der Waals surface area (Å²) in [5, 5.41) is 11.6. The molecule has 28 heavy (non-hydrogen) atoms. The highest BCUT2D eigenvalue weighted by atomic mass is 35.5. The minimum Gasteiger partial charge on any atom is -0.356 e. The summed E-state index contributed by atoms with van der Waals surface area (Å²) in [5.41, 5.74) is 0.172. The third kappa shape index (κ3) is 4.54. The first-order chi connectivity index (χ1) is 13.3. The molecule has 1 aliphatic rings. The van der Waals surface area contributed by atoms with Crippen molar-refractivity contribution >= 4 is 29.0 Å². The molecular formula is C19H16ClF3N4O. The second-order valence-corrected chi connectivity index (χ2v) is 6.85. The normalized spacial score (nSPS) is 16.2. The summed E-state index contributed by atoms with van der Waals surface area (Å²) in [5.74, 6) is -3.80. The largest absolute Gasteiger partial charge is 0.356 e. The number of aromatic nitrogens is 1. The van der Waals surface area contributed by atoms with Crippen LogP contribution in [0, 0.1) is 17.1 Å². The fraction of sp³-hybridized carbons (Fsp3) is 0.316. The van der Waals surface area contributed by atoms with Gasteiger partial charge in [-0.2, -0.15) is 5.26 Å². The van der Waals surface area contributed by atoms with E-state index in [1.54, 1.807) is 11.0 Å². The predicted octanol–water partition coefficient (Wildman–Crippen LogP) is 4.62. The lowest BCUT2D eigenvalue weighted by Crippen LogP contribution is -2.29. The Morgan fingerprint density at radius 3 is 2.79 bits per heavy atom. The third-order valence-electron chi connectivity index (χ3n) is 4.45. The Hall–Kier alpha value is -2.79. The molecule has 1 amide bonds. The fourth-order valence-corrected chi connectivity index (χ4v) is 3.15. The van der Waals surface area contributed by atoms with E-state index in [1.165, 1.54) is 24.3 Å². The lowest BCUT2D eigenvalue weighted by Gasteiger charge is -2.24. The van der Waals surface area contributed by atoms with Crippen molar-refractivity contribution in [2.45, 2.75) is 25.2 Å². The molecule has 0 bridgehead atoms. The summed E-state index contributed by atoms with van der Waals surface area (Å²) in [7, 11) is 0. The van der Waals surface area contributed by atoms with Crippen LogP contribution in [-0.4, -0.2) is 29.9 Å². The van der Waals surface area contributed by atoms with Crippen LogP contribution in [0.2, 0.25) is 5.15 Å². The average molecular weight is 409 g/mol. The molecule has 1 aromatic carbocycles. The maximum absolute atomic E-state index is 13.7. The lowest BCUT2D eigenvalue weighted by molar-refractivity contribution is -0.0102. The van der Waals surface area contributed by atoms with E-state index in [4.69, 9.17) is 16.9 Å². The van der Waals surface area contributed by atoms with E-state index < -0.39 is 17.6 Å². The Bertz CT molecular complexity index is 945. The van der Waals surface area contributed by atoms with Gasteiger partial charge in [0.05, 0.1) is 11.1 Å². The second-order valence-electron chi connectivity index (χ2n) is 6.46. The zero-order valence-electron chi connectivity index (χ0n) is 14.7. The van der Waals surface area contributed by atoms with Crippen molar-refractivity contribution in [2.75, 3.05) is 23.3 Å². The molecular weight excluding hydrogens is 393 g/mol. The smallest absolute Gasteiger partial charge is 0.259 e. The molecule has 9 heteroatoms. The van der Waals surface area contributed by atoms with E-state index in [0.29, 0.717) is 6.54 Å². The fourth-order valence-electron chi connectivity index (χ4n) is 3.01. The molecule has 2 aromatic rings. The number of halogens is 4. The number of nitriles is 1. The zero-order valence-corrected chi connectivity index (χ0v) is 15.4. The van der Waals surface area contributed by atoms with Crippen LogP contribution in [0.5, 0.6) is 0 Å². The van der Waals surface area contributed by atoms with Crippen LogP contribution in [0.15, 0.2) is 30.3 Å². The molecule has 146 valence electrons. The highest BCUT2D eigenvalue weighted by molar-refractivity contribution is 6.29. The van der Waals surface area contributed by atoms with E-state index in [9.17, 15) is 18.0 Å². The van der Waals surface area contributed by atoms with Gasteiger partial charge in [-0.3, -0.25) is 4.79 Å². The quantitative estimate of drug-likeness (QED) is 0.752. The van der Waals surface area contributed by atoms with Crippen molar-refractivity contribution in [2.24, 2.45) is 0 Å². The molecule has 0 unspecified atom stereocenters. The topological polar surface area (TPSA) is 69.0 Å². The standard InChI is InChI=1S/C19H16ClF3N4O/c20-16-5-3-14(17(26-16)27-8-1-6-19(22,23)7-9-27)18(28)25-13-2-4-15(21)12(10-13)11-24/h2-5,10H,1,6-9H2,(H,25,28). The van der Waals surface area contributed by atoms with Crippen molar-refractivity contribution in [1.29, 1.82) is 5.26 Å². The number of amides is 1. The Labute approximate surface area is 164 Å². The number of carbonyl (C=O) groups is 1. The van der Waals surface area contributed by atoms with Gasteiger partial charge in [-0.1, -0.05) is 11.6 Å². The number of nitrogens with one attached hydrogen (secondary N) is 1. The van der Waals surface area contributed by atoms with Gasteiger partial charge in [0, 0.05) is 31.6 Å². The lowest BCUT2D eigenvalue weighted by atomic mass is 10.1. The van der Waals surface area contributed by atoms with Crippen molar-refractivity contribution < 1.29 is 18.0 Å². The molecule has 0 spiro atoms. The first kappa shape index (κ1) is 20.0. The molecule has 0 aliphatic carbocycles. The summed E-state index contributed by atoms with van der Waals surface area (Å²) < 4.78 is 40.8. The second kappa shape index (κ2) is 8.07. The summed E-state index contributed by atoms with van der Waals surface area (Å²) >= 11 is 5.96. The number of nitrogens with zero attached hydrogens (tertiary/aromatic N) is 3. The number of rotatable bonds is 3. The number of anilines is 2. The number of carbonyl (C=O) groups excluding carboxylic acids is 1. The highest BCUT2D eigenvalue weighted by Crippen LogP contribution is 2.31. The molecule has 3 rings (SSSR count). The molecule has 2 heterocycles. The maximum Gasteiger partial charge on any atom is 0.259 e. The van der Waals surface area contributed by atoms with Gasteiger partial charge < -0.3 is 10.2 Å². The van der Waals surface area contributed by atoms with Gasteiger partial charge in [0.25, 0.3) is 5.91 Å². The SMILES string of the molecule is N#Cc1cc(NC(=O)c2ccc(Cl)nc2N2CCCC(F)(F)CC2)ccc1F. The van der Waals surface area contributed by atoms with E-state index in [1.807, 2.05) is 0 Å². The van der Waals surface area contributed by atoms with Gasteiger partial charge in [-0.15, -0.1) is 0 Å². The first-order valence-corrected chi connectivity index (χ1v) is 8.97. The Morgan fingerprint density at radius 2 is 2.04 bits per heavy atom. The third-order valence-corrected chi connectivity index (χ3v) is 4.66. The number of benzene rings is 1. The van der Waals surface area contributed by atoms with Gasteiger partial charge in [0.1, 0.15) is 22.9 Å². The molecule has 1 saturated heterocycles. The van der Waals surface area contributed by atoms with Gasteiger partial charge in [-0.25, -0.2) is 18.2 Å². The number of pyridine rings is 1. The summed E-state index contributed by atoms with van der Waals surface area (Å²) in [4.78, 5) is 18.5. The minimum atomic E-state index is -2.75. The summed E-state index contributed by atoms with van der Waals surface area (Å²) in [6.07, 6.45) is -0.310. The Morgan fingerprint density at radius 1 is 1.25 bits per heavy atom. The van der Waals surface area contributed by atoms with Crippen LogP contribution in [0.1, 0.15) is 35.2 Å². The van der Waals surface area contributed by atoms with Gasteiger partial charge in [0.2, 0.25) is 5.92 Å². The van der Waals surface area contributed by atoms with Crippen LogP contribution in [-0.2, 0) is 0 Å². The highest BCUT2D eigenvalue weighted by Gasteiger charge is 2.33. The van der Waals surface area contributed by atoms with Crippen molar-refractivity contribution in [3.05, 3.63) is 52.4 Å². The van der Waals surface area contributed by atoms with Crippen molar-refractivity contribution in [1.82, 2.24) is 4.98 Å². The zero-order chi connectivity index (χ0) is 20.3. The van der Waals surface area contributed by atoms with Crippen LogP contribution < -0.4 is 10.2 Å². The molecule has 5 nitrogen and oxygen atoms in total. The molecule has 0 radical (unpaired) electrons. The molecule has 1 aromatic heterocycles. The van der Waals surface area contributed by atoms with E-state index in [0.717, 1.165) is 6.07 Å². The monoisotopic (exact) mass is 408 g/mol. The molecule has 0 saturated carbocycles. The molecule has 1 aliphatic heterocycles. The first-order valence-electron chi connectivity index (χ1n) is 8.59. The van der Waals surface area contributed by atoms with Crippen LogP contribution in [0.3, 0.4) is 0 Å². The maximum atomic E-state index is 13.7. The number of hydrogen-bond acceptors (Lipinski definition) is 4. The predicted molar refractivity (Wildman–Crippen MR) is 99.3 cm³/mol. The Balaban J connectivity index is 1.88. The van der Waals surface area contributed by atoms with Gasteiger partial charge >= 0.3 is 0 Å². The van der Waals surface area contributed by atoms with Crippen molar-refractivity contribution in [3.63, 3.8) is 0 Å². The molecule has 1 fully saturated rings. The van der Waals surface area contributed by atoms with Gasteiger partial charge in [0.15, 0.2) is 0 Å². The minimum absolute atomic E-state index is 0.0375. The van der Waals surface area contributed by atoms with Crippen molar-refractivity contribution in [3.8, 4) is 6.07 Å². The molecule has 1 N–H and O–H groups in total. The van der Waals surface area contributed by atoms with E-state index in [2.05, 4.69) is 10.3 Å².